The number of hydrogen-bond donors (Lipinski definition) is 0. The Kier molecular flexibility index (Phi) is 3.45. The minimum atomic E-state index is 0.196. The lowest BCUT2D eigenvalue weighted by Gasteiger charge is -2.57. The summed E-state index contributed by atoms with van der Waals surface area (Å²) in [6.45, 7) is 0.963. The maximum Gasteiger partial charge on any atom is 0.263 e. The van der Waals surface area contributed by atoms with Crippen LogP contribution in [0.25, 0.3) is 0 Å². The highest BCUT2D eigenvalue weighted by Gasteiger charge is 2.51. The van der Waals surface area contributed by atoms with Gasteiger partial charge in [-0.2, -0.15) is 0 Å². The summed E-state index contributed by atoms with van der Waals surface area (Å²) in [5.74, 6) is 3.06. The molecule has 0 spiro atoms. The van der Waals surface area contributed by atoms with E-state index in [1.165, 1.54) is 38.5 Å². The van der Waals surface area contributed by atoms with Crippen LogP contribution in [0.2, 0.25) is 0 Å². The first-order valence-corrected chi connectivity index (χ1v) is 9.65. The third-order valence-corrected chi connectivity index (χ3v) is 7.48. The summed E-state index contributed by atoms with van der Waals surface area (Å²) >= 11 is 4.99. The lowest BCUT2D eigenvalue weighted by atomic mass is 9.49. The van der Waals surface area contributed by atoms with Gasteiger partial charge in [0, 0.05) is 13.6 Å². The summed E-state index contributed by atoms with van der Waals surface area (Å²) in [6.07, 6.45) is 8.50. The molecular formula is C17H22BrNOS. The van der Waals surface area contributed by atoms with Crippen molar-refractivity contribution in [3.05, 3.63) is 20.8 Å². The van der Waals surface area contributed by atoms with Crippen LogP contribution in [0.15, 0.2) is 15.9 Å². The maximum atomic E-state index is 12.6. The lowest BCUT2D eigenvalue weighted by molar-refractivity contribution is -0.0628. The fourth-order valence-electron chi connectivity index (χ4n) is 5.68. The molecule has 0 unspecified atom stereocenters. The molecule has 2 nitrogen and oxygen atoms in total. The highest BCUT2D eigenvalue weighted by atomic mass is 79.9. The van der Waals surface area contributed by atoms with Gasteiger partial charge in [-0.05, 0) is 89.8 Å². The minimum Gasteiger partial charge on any atom is -0.340 e. The van der Waals surface area contributed by atoms with Gasteiger partial charge in [-0.1, -0.05) is 0 Å². The Morgan fingerprint density at radius 2 is 1.81 bits per heavy atom. The summed E-state index contributed by atoms with van der Waals surface area (Å²) in [4.78, 5) is 15.4. The van der Waals surface area contributed by atoms with Crippen LogP contribution in [0, 0.1) is 23.2 Å². The second-order valence-corrected chi connectivity index (χ2v) is 10.1. The Morgan fingerprint density at radius 1 is 1.24 bits per heavy atom. The largest absolute Gasteiger partial charge is 0.340 e. The SMILES string of the molecule is CN(CC12CC3CC(CC(C3)C1)C2)C(=O)c1ccc(Br)s1. The number of halogens is 1. The first-order valence-electron chi connectivity index (χ1n) is 8.04. The smallest absolute Gasteiger partial charge is 0.263 e. The number of amides is 1. The molecule has 21 heavy (non-hydrogen) atoms. The Hall–Kier alpha value is -0.350. The monoisotopic (exact) mass is 367 g/mol. The van der Waals surface area contributed by atoms with Crippen molar-refractivity contribution in [2.24, 2.45) is 23.2 Å². The Morgan fingerprint density at radius 3 is 2.29 bits per heavy atom. The maximum absolute atomic E-state index is 12.6. The van der Waals surface area contributed by atoms with Gasteiger partial charge in [0.25, 0.3) is 5.91 Å². The molecule has 1 aromatic heterocycles. The molecule has 4 bridgehead atoms. The zero-order chi connectivity index (χ0) is 14.6. The number of nitrogens with zero attached hydrogens (tertiary/aromatic N) is 1. The predicted molar refractivity (Wildman–Crippen MR) is 89.6 cm³/mol. The van der Waals surface area contributed by atoms with E-state index in [1.54, 1.807) is 11.3 Å². The van der Waals surface area contributed by atoms with Crippen molar-refractivity contribution in [3.8, 4) is 0 Å². The zero-order valence-corrected chi connectivity index (χ0v) is 14.9. The van der Waals surface area contributed by atoms with Crippen molar-refractivity contribution < 1.29 is 4.79 Å². The molecule has 114 valence electrons. The molecule has 5 rings (SSSR count). The molecule has 1 aromatic rings. The van der Waals surface area contributed by atoms with Crippen LogP contribution in [-0.4, -0.2) is 24.4 Å². The normalized spacial score (nSPS) is 37.0. The molecular weight excluding hydrogens is 346 g/mol. The summed E-state index contributed by atoms with van der Waals surface area (Å²) in [5.41, 5.74) is 0.438. The number of carbonyl (C=O) groups excluding carboxylic acids is 1. The lowest BCUT2D eigenvalue weighted by Crippen LogP contribution is -2.51. The molecule has 4 fully saturated rings. The third-order valence-electron chi connectivity index (χ3n) is 5.87. The second-order valence-electron chi connectivity index (χ2n) is 7.68. The number of hydrogen-bond acceptors (Lipinski definition) is 2. The Bertz CT molecular complexity index is 532. The fraction of sp³-hybridized carbons (Fsp3) is 0.706. The quantitative estimate of drug-likeness (QED) is 0.751. The minimum absolute atomic E-state index is 0.196. The molecule has 0 saturated heterocycles. The van der Waals surface area contributed by atoms with E-state index < -0.39 is 0 Å². The number of rotatable bonds is 3. The Balaban J connectivity index is 1.49. The topological polar surface area (TPSA) is 20.3 Å². The van der Waals surface area contributed by atoms with Gasteiger partial charge in [0.1, 0.15) is 0 Å². The van der Waals surface area contributed by atoms with Gasteiger partial charge in [-0.15, -0.1) is 11.3 Å². The molecule has 0 radical (unpaired) electrons. The van der Waals surface area contributed by atoms with E-state index >= 15 is 0 Å². The summed E-state index contributed by atoms with van der Waals surface area (Å²) in [6, 6.07) is 3.91. The van der Waals surface area contributed by atoms with Crippen LogP contribution < -0.4 is 0 Å². The van der Waals surface area contributed by atoms with Gasteiger partial charge in [0.05, 0.1) is 8.66 Å². The van der Waals surface area contributed by atoms with E-state index in [-0.39, 0.29) is 5.91 Å². The van der Waals surface area contributed by atoms with Gasteiger partial charge < -0.3 is 4.90 Å². The third kappa shape index (κ3) is 2.59. The van der Waals surface area contributed by atoms with Gasteiger partial charge in [-0.3, -0.25) is 4.79 Å². The van der Waals surface area contributed by atoms with Crippen LogP contribution >= 0.6 is 27.3 Å². The molecule has 1 amide bonds. The van der Waals surface area contributed by atoms with Crippen molar-refractivity contribution in [3.63, 3.8) is 0 Å². The second kappa shape index (κ2) is 5.09. The molecule has 1 heterocycles. The fourth-order valence-corrected chi connectivity index (χ4v) is 7.06. The van der Waals surface area contributed by atoms with Gasteiger partial charge in [0.2, 0.25) is 0 Å². The summed E-state index contributed by atoms with van der Waals surface area (Å²) in [5, 5.41) is 0. The van der Waals surface area contributed by atoms with E-state index in [0.717, 1.165) is 33.0 Å². The van der Waals surface area contributed by atoms with Crippen LogP contribution in [0.1, 0.15) is 48.2 Å². The van der Waals surface area contributed by atoms with Crippen LogP contribution in [-0.2, 0) is 0 Å². The van der Waals surface area contributed by atoms with E-state index in [0.29, 0.717) is 5.41 Å². The molecule has 4 saturated carbocycles. The molecule has 0 aliphatic heterocycles. The zero-order valence-electron chi connectivity index (χ0n) is 12.5. The molecule has 0 aromatic carbocycles. The van der Waals surface area contributed by atoms with Crippen molar-refractivity contribution in [1.29, 1.82) is 0 Å². The Labute approximate surface area is 139 Å². The van der Waals surface area contributed by atoms with Crippen molar-refractivity contribution >= 4 is 33.2 Å². The standard InChI is InChI=1S/C17H22BrNOS/c1-19(16(20)14-2-3-15(18)21-14)10-17-7-11-4-12(8-17)6-13(5-11)9-17/h2-3,11-13H,4-10H2,1H3. The van der Waals surface area contributed by atoms with E-state index in [2.05, 4.69) is 15.9 Å². The first-order chi connectivity index (χ1) is 10.0. The predicted octanol–water partition coefficient (Wildman–Crippen LogP) is 4.80. The van der Waals surface area contributed by atoms with E-state index in [9.17, 15) is 4.79 Å². The number of carbonyl (C=O) groups is 1. The molecule has 4 aliphatic carbocycles. The average molecular weight is 368 g/mol. The first kappa shape index (κ1) is 14.3. The van der Waals surface area contributed by atoms with Crippen molar-refractivity contribution in [2.75, 3.05) is 13.6 Å². The highest BCUT2D eigenvalue weighted by molar-refractivity contribution is 9.11. The van der Waals surface area contributed by atoms with Gasteiger partial charge in [-0.25, -0.2) is 0 Å². The van der Waals surface area contributed by atoms with E-state index in [4.69, 9.17) is 0 Å². The summed E-state index contributed by atoms with van der Waals surface area (Å²) in [7, 11) is 1.99. The highest BCUT2D eigenvalue weighted by Crippen LogP contribution is 2.60. The summed E-state index contributed by atoms with van der Waals surface area (Å²) < 4.78 is 1.04. The van der Waals surface area contributed by atoms with Crippen LogP contribution in [0.4, 0.5) is 0 Å². The van der Waals surface area contributed by atoms with E-state index in [1.807, 2.05) is 24.1 Å². The van der Waals surface area contributed by atoms with Gasteiger partial charge in [0.15, 0.2) is 0 Å². The molecule has 0 atom stereocenters. The van der Waals surface area contributed by atoms with Crippen LogP contribution in [0.5, 0.6) is 0 Å². The van der Waals surface area contributed by atoms with Crippen LogP contribution in [0.3, 0.4) is 0 Å². The van der Waals surface area contributed by atoms with Crippen molar-refractivity contribution in [2.45, 2.75) is 38.5 Å². The van der Waals surface area contributed by atoms with Gasteiger partial charge >= 0.3 is 0 Å². The molecule has 4 heteroatoms. The number of thiophene rings is 1. The molecule has 0 N–H and O–H groups in total. The molecule has 4 aliphatic rings. The average Bonchev–Trinajstić information content (AvgIpc) is 2.82. The van der Waals surface area contributed by atoms with Crippen molar-refractivity contribution in [1.82, 2.24) is 4.90 Å².